The molecule has 2 unspecified atom stereocenters. The van der Waals surface area contributed by atoms with Crippen LogP contribution in [0.2, 0.25) is 0 Å². The number of hydrogen-bond acceptors (Lipinski definition) is 5. The summed E-state index contributed by atoms with van der Waals surface area (Å²) >= 11 is 1.44. The van der Waals surface area contributed by atoms with E-state index in [2.05, 4.69) is 30.8 Å². The van der Waals surface area contributed by atoms with Crippen molar-refractivity contribution in [3.8, 4) is 0 Å². The van der Waals surface area contributed by atoms with Crippen molar-refractivity contribution in [2.75, 3.05) is 25.9 Å². The number of hydrogen-bond donors (Lipinski definition) is 1. The summed E-state index contributed by atoms with van der Waals surface area (Å²) in [6, 6.07) is 4.53. The minimum Gasteiger partial charge on any atom is -0.396 e. The number of nitrogen functional groups attached to an aromatic ring is 1. The fourth-order valence-electron chi connectivity index (χ4n) is 2.82. The predicted octanol–water partition coefficient (Wildman–Crippen LogP) is 2.04. The Morgan fingerprint density at radius 1 is 1.38 bits per heavy atom. The van der Waals surface area contributed by atoms with Crippen LogP contribution in [0.15, 0.2) is 18.3 Å². The van der Waals surface area contributed by atoms with E-state index >= 15 is 0 Å². The lowest BCUT2D eigenvalue weighted by atomic mass is 10.1. The molecular weight excluding hydrogens is 284 g/mol. The number of fused-ring (bicyclic) bond motifs is 1. The molecule has 21 heavy (non-hydrogen) atoms. The van der Waals surface area contributed by atoms with Gasteiger partial charge in [-0.3, -0.25) is 14.7 Å². The van der Waals surface area contributed by atoms with E-state index in [0.717, 1.165) is 23.3 Å². The van der Waals surface area contributed by atoms with Gasteiger partial charge in [0.05, 0.1) is 10.4 Å². The van der Waals surface area contributed by atoms with Crippen molar-refractivity contribution < 1.29 is 4.79 Å². The Bertz CT molecular complexity index is 671. The maximum absolute atomic E-state index is 12.8. The first kappa shape index (κ1) is 14.3. The molecule has 2 aromatic rings. The lowest BCUT2D eigenvalue weighted by molar-refractivity contribution is 0.0419. The van der Waals surface area contributed by atoms with Crippen LogP contribution < -0.4 is 5.73 Å². The van der Waals surface area contributed by atoms with Crippen molar-refractivity contribution >= 4 is 33.1 Å². The summed E-state index contributed by atoms with van der Waals surface area (Å²) in [7, 11) is 2.11. The Morgan fingerprint density at radius 2 is 2.05 bits per heavy atom. The van der Waals surface area contributed by atoms with Gasteiger partial charge in [0, 0.05) is 31.4 Å². The van der Waals surface area contributed by atoms with Gasteiger partial charge in [-0.25, -0.2) is 0 Å². The summed E-state index contributed by atoms with van der Waals surface area (Å²) in [6.07, 6.45) is 1.71. The molecule has 6 heteroatoms. The maximum atomic E-state index is 12.8. The lowest BCUT2D eigenvalue weighted by Crippen LogP contribution is -2.56. The van der Waals surface area contributed by atoms with Crippen molar-refractivity contribution in [2.45, 2.75) is 25.9 Å². The molecule has 1 fully saturated rings. The van der Waals surface area contributed by atoms with Gasteiger partial charge in [0.15, 0.2) is 0 Å². The molecule has 1 saturated heterocycles. The fourth-order valence-corrected chi connectivity index (χ4v) is 3.87. The van der Waals surface area contributed by atoms with E-state index in [0.29, 0.717) is 22.6 Å². The SMILES string of the molecule is CC1CN(C(=O)c2sc3cccnc3c2N)CC(C)N1C. The van der Waals surface area contributed by atoms with E-state index in [9.17, 15) is 4.79 Å². The molecule has 1 aliphatic rings. The molecule has 112 valence electrons. The first-order valence-electron chi connectivity index (χ1n) is 7.13. The Hall–Kier alpha value is -1.66. The Labute approximate surface area is 128 Å². The van der Waals surface area contributed by atoms with Crippen molar-refractivity contribution in [2.24, 2.45) is 0 Å². The quantitative estimate of drug-likeness (QED) is 0.876. The van der Waals surface area contributed by atoms with Crippen LogP contribution in [-0.4, -0.2) is 52.9 Å². The number of piperazine rings is 1. The summed E-state index contributed by atoms with van der Waals surface area (Å²) in [6.45, 7) is 5.76. The summed E-state index contributed by atoms with van der Waals surface area (Å²) in [4.78, 5) is 21.9. The third kappa shape index (κ3) is 2.38. The molecule has 0 spiro atoms. The van der Waals surface area contributed by atoms with Crippen LogP contribution in [0.1, 0.15) is 23.5 Å². The molecule has 0 aliphatic carbocycles. The Kier molecular flexibility index (Phi) is 3.59. The highest BCUT2D eigenvalue weighted by Gasteiger charge is 2.31. The van der Waals surface area contributed by atoms with Gasteiger partial charge in [0.1, 0.15) is 10.4 Å². The summed E-state index contributed by atoms with van der Waals surface area (Å²) in [5.74, 6) is 0.0299. The average molecular weight is 304 g/mol. The van der Waals surface area contributed by atoms with Crippen LogP contribution in [-0.2, 0) is 0 Å². The van der Waals surface area contributed by atoms with E-state index < -0.39 is 0 Å². The standard InChI is InChI=1S/C15H20N4OS/c1-9-7-19(8-10(2)18(9)3)15(20)14-12(16)13-11(21-14)5-4-6-17-13/h4-6,9-10H,7-8,16H2,1-3H3. The number of carbonyl (C=O) groups is 1. The second kappa shape index (κ2) is 5.27. The zero-order valence-corrected chi connectivity index (χ0v) is 13.4. The molecule has 0 bridgehead atoms. The van der Waals surface area contributed by atoms with Gasteiger partial charge < -0.3 is 10.6 Å². The molecule has 1 amide bonds. The molecule has 2 atom stereocenters. The first-order valence-corrected chi connectivity index (χ1v) is 7.95. The third-order valence-corrected chi connectivity index (χ3v) is 5.47. The topological polar surface area (TPSA) is 62.5 Å². The van der Waals surface area contributed by atoms with Gasteiger partial charge in [-0.15, -0.1) is 11.3 Å². The number of aromatic nitrogens is 1. The number of nitrogens with zero attached hydrogens (tertiary/aromatic N) is 3. The molecule has 0 saturated carbocycles. The number of carbonyl (C=O) groups excluding carboxylic acids is 1. The van der Waals surface area contributed by atoms with Crippen molar-refractivity contribution in [3.63, 3.8) is 0 Å². The third-order valence-electron chi connectivity index (χ3n) is 4.32. The van der Waals surface area contributed by atoms with Gasteiger partial charge in [0.2, 0.25) is 0 Å². The smallest absolute Gasteiger partial charge is 0.266 e. The number of thiophene rings is 1. The van der Waals surface area contributed by atoms with Gasteiger partial charge in [0.25, 0.3) is 5.91 Å². The molecule has 3 heterocycles. The van der Waals surface area contributed by atoms with E-state index in [4.69, 9.17) is 5.73 Å². The molecule has 5 nitrogen and oxygen atoms in total. The number of pyridine rings is 1. The zero-order chi connectivity index (χ0) is 15.1. The van der Waals surface area contributed by atoms with E-state index in [1.165, 1.54) is 11.3 Å². The fraction of sp³-hybridized carbons (Fsp3) is 0.467. The highest BCUT2D eigenvalue weighted by atomic mass is 32.1. The zero-order valence-electron chi connectivity index (χ0n) is 12.5. The number of rotatable bonds is 1. The molecule has 3 rings (SSSR count). The summed E-state index contributed by atoms with van der Waals surface area (Å²) in [5, 5.41) is 0. The highest BCUT2D eigenvalue weighted by molar-refractivity contribution is 7.21. The molecule has 0 aromatic carbocycles. The normalized spacial score (nSPS) is 23.7. The minimum absolute atomic E-state index is 0.0299. The Morgan fingerprint density at radius 3 is 2.67 bits per heavy atom. The first-order chi connectivity index (χ1) is 9.99. The minimum atomic E-state index is 0.0299. The van der Waals surface area contributed by atoms with Crippen LogP contribution in [0.4, 0.5) is 5.69 Å². The van der Waals surface area contributed by atoms with Gasteiger partial charge in [-0.2, -0.15) is 0 Å². The van der Waals surface area contributed by atoms with Gasteiger partial charge in [-0.05, 0) is 33.0 Å². The second-order valence-corrected chi connectivity index (χ2v) is 6.82. The van der Waals surface area contributed by atoms with Crippen LogP contribution in [0.5, 0.6) is 0 Å². The number of amides is 1. The lowest BCUT2D eigenvalue weighted by Gasteiger charge is -2.42. The van der Waals surface area contributed by atoms with Crippen LogP contribution in [0.25, 0.3) is 10.2 Å². The average Bonchev–Trinajstić information content (AvgIpc) is 2.81. The van der Waals surface area contributed by atoms with Gasteiger partial charge in [-0.1, -0.05) is 0 Å². The molecule has 2 aromatic heterocycles. The number of likely N-dealkylation sites (N-methyl/N-ethyl adjacent to an activating group) is 1. The Balaban J connectivity index is 1.92. The van der Waals surface area contributed by atoms with Crippen LogP contribution in [0, 0.1) is 0 Å². The maximum Gasteiger partial charge on any atom is 0.266 e. The van der Waals surface area contributed by atoms with Crippen molar-refractivity contribution in [1.82, 2.24) is 14.8 Å². The van der Waals surface area contributed by atoms with E-state index in [-0.39, 0.29) is 5.91 Å². The monoisotopic (exact) mass is 304 g/mol. The number of nitrogens with two attached hydrogens (primary N) is 1. The van der Waals surface area contributed by atoms with Crippen molar-refractivity contribution in [1.29, 1.82) is 0 Å². The van der Waals surface area contributed by atoms with E-state index in [1.807, 2.05) is 17.0 Å². The van der Waals surface area contributed by atoms with Crippen molar-refractivity contribution in [3.05, 3.63) is 23.2 Å². The summed E-state index contributed by atoms with van der Waals surface area (Å²) in [5.41, 5.74) is 7.38. The number of anilines is 1. The molecule has 1 aliphatic heterocycles. The van der Waals surface area contributed by atoms with Crippen LogP contribution >= 0.6 is 11.3 Å². The second-order valence-electron chi connectivity index (χ2n) is 5.77. The van der Waals surface area contributed by atoms with E-state index in [1.54, 1.807) is 6.20 Å². The predicted molar refractivity (Wildman–Crippen MR) is 86.6 cm³/mol. The van der Waals surface area contributed by atoms with Crippen LogP contribution in [0.3, 0.4) is 0 Å². The highest BCUT2D eigenvalue weighted by Crippen LogP contribution is 2.33. The molecule has 2 N–H and O–H groups in total. The van der Waals surface area contributed by atoms with Gasteiger partial charge >= 0.3 is 0 Å². The molecule has 0 radical (unpaired) electrons. The largest absolute Gasteiger partial charge is 0.396 e. The summed E-state index contributed by atoms with van der Waals surface area (Å²) < 4.78 is 0.966. The molecular formula is C15H20N4OS.